The molecule has 96 valence electrons. The zero-order valence-electron chi connectivity index (χ0n) is 10.0. The quantitative estimate of drug-likeness (QED) is 0.683. The molecule has 0 aliphatic rings. The van der Waals surface area contributed by atoms with Gasteiger partial charge in [-0.25, -0.2) is 14.1 Å². The third-order valence-electron chi connectivity index (χ3n) is 2.86. The summed E-state index contributed by atoms with van der Waals surface area (Å²) in [5, 5.41) is 4.70. The largest absolute Gasteiger partial charge is 0.394 e. The molecule has 19 heavy (non-hydrogen) atoms. The van der Waals surface area contributed by atoms with Gasteiger partial charge < -0.3 is 10.7 Å². The second-order valence-electron chi connectivity index (χ2n) is 4.17. The highest BCUT2D eigenvalue weighted by Crippen LogP contribution is 2.26. The molecule has 3 aromatic rings. The van der Waals surface area contributed by atoms with E-state index in [-0.39, 0.29) is 11.2 Å². The molecule has 0 aliphatic carbocycles. The molecule has 0 aliphatic heterocycles. The lowest BCUT2D eigenvalue weighted by atomic mass is 10.1. The van der Waals surface area contributed by atoms with Crippen LogP contribution in [0.3, 0.4) is 0 Å². The van der Waals surface area contributed by atoms with Crippen LogP contribution in [0.25, 0.3) is 22.3 Å². The second-order valence-corrected chi connectivity index (χ2v) is 4.17. The first-order chi connectivity index (χ1) is 9.06. The number of halogens is 1. The van der Waals surface area contributed by atoms with E-state index in [9.17, 15) is 9.18 Å². The molecule has 0 saturated heterocycles. The summed E-state index contributed by atoms with van der Waals surface area (Å²) in [4.78, 5) is 18.4. The summed E-state index contributed by atoms with van der Waals surface area (Å²) >= 11 is 0. The number of aromatic nitrogens is 4. The Morgan fingerprint density at radius 3 is 2.95 bits per heavy atom. The van der Waals surface area contributed by atoms with E-state index in [4.69, 9.17) is 5.73 Å². The van der Waals surface area contributed by atoms with Gasteiger partial charge in [0.2, 0.25) is 0 Å². The van der Waals surface area contributed by atoms with Gasteiger partial charge in [0, 0.05) is 24.2 Å². The number of nitrogens with two attached hydrogens (primary N) is 1. The first-order valence-electron chi connectivity index (χ1n) is 5.53. The Kier molecular flexibility index (Phi) is 2.34. The summed E-state index contributed by atoms with van der Waals surface area (Å²) in [6.45, 7) is 0. The van der Waals surface area contributed by atoms with Crippen LogP contribution in [-0.2, 0) is 7.05 Å². The molecule has 0 amide bonds. The normalized spacial score (nSPS) is 11.1. The lowest BCUT2D eigenvalue weighted by Crippen LogP contribution is -2.22. The molecule has 0 bridgehead atoms. The van der Waals surface area contributed by atoms with Gasteiger partial charge in [-0.3, -0.25) is 4.79 Å². The topological polar surface area (TPSA) is 89.6 Å². The average molecular weight is 259 g/mol. The number of pyridine rings is 1. The second kappa shape index (κ2) is 3.91. The Labute approximate surface area is 106 Å². The molecule has 0 fully saturated rings. The Balaban J connectivity index is 2.30. The SMILES string of the molecule is Cn1nc(-c2c[nH]c3ncc(F)cc23)cc(N)c1=O. The highest BCUT2D eigenvalue weighted by atomic mass is 19.1. The molecule has 3 aromatic heterocycles. The van der Waals surface area contributed by atoms with Crippen LogP contribution in [0.1, 0.15) is 0 Å². The number of aryl methyl sites for hydroxylation is 1. The molecular formula is C12H10FN5O. The van der Waals surface area contributed by atoms with Crippen LogP contribution in [0.5, 0.6) is 0 Å². The fourth-order valence-corrected chi connectivity index (χ4v) is 1.95. The first-order valence-corrected chi connectivity index (χ1v) is 5.53. The molecule has 0 atom stereocenters. The number of nitrogen functional groups attached to an aromatic ring is 1. The van der Waals surface area contributed by atoms with E-state index < -0.39 is 5.82 Å². The molecular weight excluding hydrogens is 249 g/mol. The molecule has 0 spiro atoms. The highest BCUT2D eigenvalue weighted by molar-refractivity contribution is 5.92. The Morgan fingerprint density at radius 1 is 1.42 bits per heavy atom. The van der Waals surface area contributed by atoms with E-state index in [1.54, 1.807) is 6.20 Å². The van der Waals surface area contributed by atoms with Gasteiger partial charge in [0.05, 0.1) is 11.9 Å². The monoisotopic (exact) mass is 259 g/mol. The van der Waals surface area contributed by atoms with E-state index in [2.05, 4.69) is 15.1 Å². The summed E-state index contributed by atoms with van der Waals surface area (Å²) in [7, 11) is 1.51. The van der Waals surface area contributed by atoms with Crippen molar-refractivity contribution in [3.05, 3.63) is 40.7 Å². The van der Waals surface area contributed by atoms with Gasteiger partial charge in [-0.2, -0.15) is 5.10 Å². The first kappa shape index (κ1) is 11.4. The zero-order valence-corrected chi connectivity index (χ0v) is 10.0. The van der Waals surface area contributed by atoms with Crippen molar-refractivity contribution >= 4 is 16.7 Å². The van der Waals surface area contributed by atoms with Crippen molar-refractivity contribution in [1.29, 1.82) is 0 Å². The molecule has 6 nitrogen and oxygen atoms in total. The summed E-state index contributed by atoms with van der Waals surface area (Å²) in [5.74, 6) is -0.439. The number of anilines is 1. The lowest BCUT2D eigenvalue weighted by molar-refractivity contribution is 0.624. The molecule has 3 heterocycles. The van der Waals surface area contributed by atoms with E-state index in [0.29, 0.717) is 22.3 Å². The molecule has 0 unspecified atom stereocenters. The van der Waals surface area contributed by atoms with E-state index in [1.807, 2.05) is 0 Å². The minimum atomic E-state index is -0.439. The van der Waals surface area contributed by atoms with Gasteiger partial charge in [0.25, 0.3) is 5.56 Å². The van der Waals surface area contributed by atoms with Crippen molar-refractivity contribution in [3.63, 3.8) is 0 Å². The smallest absolute Gasteiger partial charge is 0.289 e. The van der Waals surface area contributed by atoms with Gasteiger partial charge in [-0.15, -0.1) is 0 Å². The van der Waals surface area contributed by atoms with Gasteiger partial charge in [-0.1, -0.05) is 0 Å². The van der Waals surface area contributed by atoms with Crippen molar-refractivity contribution < 1.29 is 4.39 Å². The fourth-order valence-electron chi connectivity index (χ4n) is 1.95. The van der Waals surface area contributed by atoms with E-state index in [0.717, 1.165) is 10.9 Å². The zero-order chi connectivity index (χ0) is 13.6. The van der Waals surface area contributed by atoms with Crippen LogP contribution >= 0.6 is 0 Å². The number of fused-ring (bicyclic) bond motifs is 1. The van der Waals surface area contributed by atoms with Gasteiger partial charge in [0.1, 0.15) is 17.2 Å². The number of nitrogens with one attached hydrogen (secondary N) is 1. The minimum absolute atomic E-state index is 0.0891. The van der Waals surface area contributed by atoms with Crippen LogP contribution in [0, 0.1) is 5.82 Å². The molecule has 0 saturated carbocycles. The summed E-state index contributed by atoms with van der Waals surface area (Å²) in [5.41, 5.74) is 7.02. The van der Waals surface area contributed by atoms with E-state index in [1.165, 1.54) is 19.2 Å². The third-order valence-corrected chi connectivity index (χ3v) is 2.86. The highest BCUT2D eigenvalue weighted by Gasteiger charge is 2.11. The Hall–Kier alpha value is -2.70. The number of hydrogen-bond acceptors (Lipinski definition) is 4. The van der Waals surface area contributed by atoms with Gasteiger partial charge in [0.15, 0.2) is 0 Å². The Morgan fingerprint density at radius 2 is 2.21 bits per heavy atom. The van der Waals surface area contributed by atoms with Crippen molar-refractivity contribution in [1.82, 2.24) is 19.7 Å². The standard InChI is InChI=1S/C12H10FN5O/c1-18-12(19)9(14)3-10(17-18)8-5-16-11-7(8)2-6(13)4-15-11/h2-5H,14H2,1H3,(H,15,16). The average Bonchev–Trinajstić information content (AvgIpc) is 2.78. The van der Waals surface area contributed by atoms with Crippen molar-refractivity contribution in [2.24, 2.45) is 7.05 Å². The molecule has 0 radical (unpaired) electrons. The minimum Gasteiger partial charge on any atom is -0.394 e. The summed E-state index contributed by atoms with van der Waals surface area (Å²) < 4.78 is 14.4. The molecule has 3 rings (SSSR count). The predicted octanol–water partition coefficient (Wildman–Crippen LogP) is 1.04. The molecule has 7 heteroatoms. The third kappa shape index (κ3) is 1.75. The maximum atomic E-state index is 13.3. The maximum Gasteiger partial charge on any atom is 0.289 e. The fraction of sp³-hybridized carbons (Fsp3) is 0.0833. The number of H-pyrrole nitrogens is 1. The number of nitrogens with zero attached hydrogens (tertiary/aromatic N) is 3. The van der Waals surface area contributed by atoms with Crippen LogP contribution in [0.15, 0.2) is 29.3 Å². The summed E-state index contributed by atoms with van der Waals surface area (Å²) in [6.07, 6.45) is 2.79. The van der Waals surface area contributed by atoms with Crippen LogP contribution in [0.4, 0.5) is 10.1 Å². The van der Waals surface area contributed by atoms with E-state index >= 15 is 0 Å². The van der Waals surface area contributed by atoms with Crippen molar-refractivity contribution in [2.75, 3.05) is 5.73 Å². The summed E-state index contributed by atoms with van der Waals surface area (Å²) in [6, 6.07) is 2.83. The van der Waals surface area contributed by atoms with Crippen LogP contribution in [-0.4, -0.2) is 19.7 Å². The maximum absolute atomic E-state index is 13.3. The number of hydrogen-bond donors (Lipinski definition) is 2. The van der Waals surface area contributed by atoms with Crippen molar-refractivity contribution in [2.45, 2.75) is 0 Å². The lowest BCUT2D eigenvalue weighted by Gasteiger charge is -2.03. The molecule has 3 N–H and O–H groups in total. The number of aromatic amines is 1. The number of rotatable bonds is 1. The Bertz CT molecular complexity index is 809. The van der Waals surface area contributed by atoms with Crippen LogP contribution < -0.4 is 11.3 Å². The predicted molar refractivity (Wildman–Crippen MR) is 68.9 cm³/mol. The van der Waals surface area contributed by atoms with Gasteiger partial charge >= 0.3 is 0 Å². The van der Waals surface area contributed by atoms with Crippen molar-refractivity contribution in [3.8, 4) is 11.3 Å². The van der Waals surface area contributed by atoms with Gasteiger partial charge in [-0.05, 0) is 12.1 Å². The van der Waals surface area contributed by atoms with Crippen LogP contribution in [0.2, 0.25) is 0 Å². The molecule has 0 aromatic carbocycles.